The molecule has 0 aromatic carbocycles. The number of Topliss-reactive ketones (excluding diaryl/α,β-unsaturated/α-hetero) is 1. The zero-order valence-electron chi connectivity index (χ0n) is 7.08. The van der Waals surface area contributed by atoms with Crippen LogP contribution in [0.5, 0.6) is 0 Å². The average molecular weight is 225 g/mol. The van der Waals surface area contributed by atoms with Gasteiger partial charge >= 0.3 is 11.0 Å². The fourth-order valence-electron chi connectivity index (χ4n) is 1.28. The molecule has 2 aliphatic heterocycles. The van der Waals surface area contributed by atoms with Crippen LogP contribution >= 0.6 is 11.8 Å². The molecular formula is C7H3N3O4S. The van der Waals surface area contributed by atoms with Gasteiger partial charge in [-0.2, -0.15) is 4.79 Å². The number of thioether (sulfide) groups is 1. The molecule has 0 aromatic heterocycles. The van der Waals surface area contributed by atoms with Crippen LogP contribution in [0.15, 0.2) is 11.8 Å². The number of nitrogens with zero attached hydrogens (tertiary/aromatic N) is 3. The molecular weight excluding hydrogens is 222 g/mol. The number of carboxylic acid groups (broad SMARTS) is 1. The second-order valence-corrected chi connectivity index (χ2v) is 3.88. The Morgan fingerprint density at radius 3 is 2.80 bits per heavy atom. The van der Waals surface area contributed by atoms with Gasteiger partial charge in [-0.15, -0.1) is 0 Å². The lowest BCUT2D eigenvalue weighted by Gasteiger charge is -2.38. The highest BCUT2D eigenvalue weighted by atomic mass is 32.2. The topological polar surface area (TPSA) is 111 Å². The number of carbonyl (C=O) groups is 3. The Morgan fingerprint density at radius 2 is 2.27 bits per heavy atom. The molecule has 0 unspecified atom stereocenters. The Kier molecular flexibility index (Phi) is 1.95. The maximum atomic E-state index is 11.1. The predicted molar refractivity (Wildman–Crippen MR) is 47.6 cm³/mol. The number of hydrogen-bond acceptors (Lipinski definition) is 4. The average Bonchev–Trinajstić information content (AvgIpc) is 2.25. The first kappa shape index (κ1) is 9.63. The van der Waals surface area contributed by atoms with E-state index in [2.05, 4.69) is 4.79 Å². The number of carbonyl (C=O) groups excluding carboxylic acids is 2. The van der Waals surface area contributed by atoms with Crippen LogP contribution in [0.2, 0.25) is 0 Å². The van der Waals surface area contributed by atoms with E-state index in [9.17, 15) is 14.4 Å². The number of hydrogen-bond donors (Lipinski definition) is 1. The van der Waals surface area contributed by atoms with Crippen molar-refractivity contribution < 1.29 is 24.3 Å². The quantitative estimate of drug-likeness (QED) is 0.268. The molecule has 0 aromatic rings. The number of rotatable bonds is 1. The van der Waals surface area contributed by atoms with Crippen LogP contribution in [0.3, 0.4) is 0 Å². The lowest BCUT2D eigenvalue weighted by molar-refractivity contribution is -0.156. The summed E-state index contributed by atoms with van der Waals surface area (Å²) in [4.78, 5) is 36.5. The first-order valence-corrected chi connectivity index (χ1v) is 4.65. The molecule has 0 spiro atoms. The fourth-order valence-corrected chi connectivity index (χ4v) is 2.25. The van der Waals surface area contributed by atoms with Gasteiger partial charge in [0, 0.05) is 0 Å². The van der Waals surface area contributed by atoms with Crippen molar-refractivity contribution in [2.75, 3.05) is 0 Å². The van der Waals surface area contributed by atoms with Gasteiger partial charge in [0.25, 0.3) is 11.7 Å². The number of aliphatic carboxylic acids is 1. The minimum atomic E-state index is -1.35. The third-order valence-electron chi connectivity index (χ3n) is 1.96. The first-order chi connectivity index (χ1) is 7.06. The smallest absolute Gasteiger partial charge is 0.354 e. The maximum absolute atomic E-state index is 11.1. The van der Waals surface area contributed by atoms with Crippen LogP contribution in [0.25, 0.3) is 5.53 Å². The zero-order valence-corrected chi connectivity index (χ0v) is 7.89. The van der Waals surface area contributed by atoms with E-state index < -0.39 is 23.0 Å². The molecule has 0 aliphatic carbocycles. The number of ketones is 1. The molecule has 0 saturated carbocycles. The van der Waals surface area contributed by atoms with E-state index in [1.807, 2.05) is 0 Å². The number of fused-ring (bicyclic) bond motifs is 1. The molecule has 0 bridgehead atoms. The highest BCUT2D eigenvalue weighted by Crippen LogP contribution is 2.35. The summed E-state index contributed by atoms with van der Waals surface area (Å²) in [6.07, 6.45) is 1.04. The molecule has 1 amide bonds. The van der Waals surface area contributed by atoms with Gasteiger partial charge in [0.2, 0.25) is 0 Å². The fraction of sp³-hybridized carbons (Fsp3) is 0.143. The van der Waals surface area contributed by atoms with Crippen molar-refractivity contribution in [1.82, 2.24) is 4.90 Å². The summed E-state index contributed by atoms with van der Waals surface area (Å²) in [6, 6.07) is 0. The molecule has 2 aliphatic rings. The highest BCUT2D eigenvalue weighted by Gasteiger charge is 2.54. The van der Waals surface area contributed by atoms with Gasteiger partial charge in [0.15, 0.2) is 5.37 Å². The summed E-state index contributed by atoms with van der Waals surface area (Å²) >= 11 is 0.830. The predicted octanol–water partition coefficient (Wildman–Crippen LogP) is -0.933. The maximum Gasteiger partial charge on any atom is 0.354 e. The molecule has 2 rings (SSSR count). The summed E-state index contributed by atoms with van der Waals surface area (Å²) in [6.45, 7) is 0. The largest absolute Gasteiger partial charge is 0.477 e. The van der Waals surface area contributed by atoms with Crippen molar-refractivity contribution in [3.8, 4) is 0 Å². The molecule has 7 nitrogen and oxygen atoms in total. The van der Waals surface area contributed by atoms with E-state index in [4.69, 9.17) is 10.6 Å². The Labute approximate surface area is 87.0 Å². The van der Waals surface area contributed by atoms with Crippen LogP contribution in [-0.2, 0) is 14.4 Å². The summed E-state index contributed by atoms with van der Waals surface area (Å²) < 4.78 is 0. The van der Waals surface area contributed by atoms with Crippen LogP contribution in [0.1, 0.15) is 0 Å². The Hall–Kier alpha value is -1.92. The SMILES string of the molecule is [N-]=[N+]=C1C=C(C(=O)O)N2C(=O)C(=O)[C@@H]2S1. The van der Waals surface area contributed by atoms with Gasteiger partial charge in [-0.3, -0.25) is 14.5 Å². The first-order valence-electron chi connectivity index (χ1n) is 3.77. The number of amides is 1. The lowest BCUT2D eigenvalue weighted by Crippen LogP contribution is -2.62. The van der Waals surface area contributed by atoms with Crippen molar-refractivity contribution in [2.24, 2.45) is 0 Å². The standard InChI is InChI=1S/C7H3N3O4S/c8-9-3-1-2(7(13)14)10-5(12)4(11)6(10)15-3/h1,6H,(H,13,14)/t6-/m0/s1. The van der Waals surface area contributed by atoms with Gasteiger partial charge in [-0.1, -0.05) is 0 Å². The van der Waals surface area contributed by atoms with E-state index in [0.717, 1.165) is 22.7 Å². The Morgan fingerprint density at radius 1 is 1.60 bits per heavy atom. The van der Waals surface area contributed by atoms with Crippen LogP contribution in [0.4, 0.5) is 0 Å². The van der Waals surface area contributed by atoms with E-state index in [-0.39, 0.29) is 10.7 Å². The van der Waals surface area contributed by atoms with Gasteiger partial charge in [0.05, 0.1) is 6.08 Å². The van der Waals surface area contributed by atoms with E-state index in [1.165, 1.54) is 0 Å². The third-order valence-corrected chi connectivity index (χ3v) is 3.05. The molecule has 1 fully saturated rings. The number of carboxylic acids is 1. The minimum absolute atomic E-state index is 0.00509. The monoisotopic (exact) mass is 225 g/mol. The summed E-state index contributed by atoms with van der Waals surface area (Å²) in [5.41, 5.74) is 8.13. The molecule has 1 saturated heterocycles. The third kappa shape index (κ3) is 1.19. The highest BCUT2D eigenvalue weighted by molar-refractivity contribution is 8.15. The molecule has 2 heterocycles. The molecule has 1 atom stereocenters. The lowest BCUT2D eigenvalue weighted by atomic mass is 10.1. The number of β-lactam (4-membered cyclic amide) rings is 1. The summed E-state index contributed by atoms with van der Waals surface area (Å²) in [5.74, 6) is -2.88. The summed E-state index contributed by atoms with van der Waals surface area (Å²) in [7, 11) is 0. The van der Waals surface area contributed by atoms with Gasteiger partial charge in [-0.05, 0) is 11.8 Å². The molecule has 1 N–H and O–H groups in total. The van der Waals surface area contributed by atoms with Gasteiger partial charge in [0.1, 0.15) is 5.70 Å². The zero-order chi connectivity index (χ0) is 11.2. The van der Waals surface area contributed by atoms with Crippen LogP contribution < -0.4 is 0 Å². The van der Waals surface area contributed by atoms with Crippen LogP contribution in [-0.4, -0.2) is 42.9 Å². The van der Waals surface area contributed by atoms with Crippen molar-refractivity contribution in [2.45, 2.75) is 5.37 Å². The van der Waals surface area contributed by atoms with Gasteiger partial charge in [-0.25, -0.2) is 4.79 Å². The molecule has 76 valence electrons. The minimum Gasteiger partial charge on any atom is -0.477 e. The van der Waals surface area contributed by atoms with Crippen molar-refractivity contribution in [3.63, 3.8) is 0 Å². The van der Waals surface area contributed by atoms with E-state index in [1.54, 1.807) is 0 Å². The van der Waals surface area contributed by atoms with Crippen molar-refractivity contribution in [1.29, 1.82) is 0 Å². The molecule has 0 radical (unpaired) electrons. The normalized spacial score (nSPS) is 24.0. The molecule has 8 heteroatoms. The second kappa shape index (κ2) is 3.04. The van der Waals surface area contributed by atoms with E-state index in [0.29, 0.717) is 0 Å². The Balaban J connectivity index is 2.48. The molecule has 15 heavy (non-hydrogen) atoms. The van der Waals surface area contributed by atoms with Crippen molar-refractivity contribution >= 4 is 34.5 Å². The summed E-state index contributed by atoms with van der Waals surface area (Å²) in [5, 5.41) is 7.85. The van der Waals surface area contributed by atoms with Gasteiger partial charge < -0.3 is 10.6 Å². The Bertz CT molecular complexity index is 477. The van der Waals surface area contributed by atoms with Crippen molar-refractivity contribution in [3.05, 3.63) is 17.3 Å². The second-order valence-electron chi connectivity index (χ2n) is 2.78. The van der Waals surface area contributed by atoms with E-state index >= 15 is 0 Å². The van der Waals surface area contributed by atoms with Crippen LogP contribution in [0, 0.1) is 0 Å².